The van der Waals surface area contributed by atoms with Crippen LogP contribution in [0.5, 0.6) is 0 Å². The molecule has 0 amide bonds. The van der Waals surface area contributed by atoms with Gasteiger partial charge in [-0.1, -0.05) is 19.1 Å². The molecule has 96 valence electrons. The van der Waals surface area contributed by atoms with Crippen LogP contribution in [0, 0.1) is 0 Å². The average molecular weight is 258 g/mol. The van der Waals surface area contributed by atoms with Crippen molar-refractivity contribution in [1.29, 1.82) is 0 Å². The highest BCUT2D eigenvalue weighted by Gasteiger charge is 2.14. The molecule has 0 aliphatic heterocycles. The van der Waals surface area contributed by atoms with E-state index < -0.39 is 10.0 Å². The van der Waals surface area contributed by atoms with Crippen molar-refractivity contribution in [1.82, 2.24) is 4.72 Å². The Morgan fingerprint density at radius 1 is 1.35 bits per heavy atom. The summed E-state index contributed by atoms with van der Waals surface area (Å²) in [7, 11) is -3.41. The second-order valence-corrected chi connectivity index (χ2v) is 5.45. The van der Waals surface area contributed by atoms with Crippen molar-refractivity contribution < 1.29 is 13.5 Å². The van der Waals surface area contributed by atoms with Gasteiger partial charge in [-0.15, -0.1) is 0 Å². The lowest BCUT2D eigenvalue weighted by atomic mass is 10.0. The lowest BCUT2D eigenvalue weighted by Gasteiger charge is -2.12. The van der Waals surface area contributed by atoms with Gasteiger partial charge in [0, 0.05) is 19.0 Å². The maximum atomic E-state index is 11.7. The summed E-state index contributed by atoms with van der Waals surface area (Å²) in [6, 6.07) is 6.40. The highest BCUT2D eigenvalue weighted by atomic mass is 32.2. The van der Waals surface area contributed by atoms with E-state index in [0.717, 1.165) is 5.56 Å². The zero-order valence-corrected chi connectivity index (χ0v) is 10.6. The van der Waals surface area contributed by atoms with Crippen molar-refractivity contribution in [2.24, 2.45) is 5.73 Å². The van der Waals surface area contributed by atoms with Gasteiger partial charge in [0.1, 0.15) is 0 Å². The summed E-state index contributed by atoms with van der Waals surface area (Å²) in [4.78, 5) is 0.219. The lowest BCUT2D eigenvalue weighted by molar-refractivity contribution is 0.268. The summed E-state index contributed by atoms with van der Waals surface area (Å²) >= 11 is 0. The molecule has 1 aromatic carbocycles. The maximum absolute atomic E-state index is 11.7. The summed E-state index contributed by atoms with van der Waals surface area (Å²) in [5.41, 5.74) is 6.33. The Labute approximate surface area is 102 Å². The highest BCUT2D eigenvalue weighted by molar-refractivity contribution is 7.89. The van der Waals surface area contributed by atoms with E-state index in [1.807, 2.05) is 0 Å². The molecule has 0 saturated carbocycles. The predicted octanol–water partition coefficient (Wildman–Crippen LogP) is 0.0194. The molecule has 4 N–H and O–H groups in total. The van der Waals surface area contributed by atoms with E-state index in [1.165, 1.54) is 12.1 Å². The van der Waals surface area contributed by atoms with Crippen molar-refractivity contribution in [3.05, 3.63) is 29.8 Å². The Morgan fingerprint density at radius 3 is 2.35 bits per heavy atom. The van der Waals surface area contributed by atoms with Crippen LogP contribution in [0.15, 0.2) is 29.2 Å². The first kappa shape index (κ1) is 14.1. The fourth-order valence-corrected chi connectivity index (χ4v) is 2.55. The number of rotatable bonds is 6. The van der Waals surface area contributed by atoms with Crippen LogP contribution < -0.4 is 10.5 Å². The minimum absolute atomic E-state index is 0.0458. The maximum Gasteiger partial charge on any atom is 0.240 e. The van der Waals surface area contributed by atoms with Gasteiger partial charge >= 0.3 is 0 Å². The Balaban J connectivity index is 2.95. The fraction of sp³-hybridized carbons (Fsp3) is 0.455. The van der Waals surface area contributed by atoms with Gasteiger partial charge in [-0.25, -0.2) is 13.1 Å². The van der Waals surface area contributed by atoms with Gasteiger partial charge in [0.15, 0.2) is 0 Å². The third-order valence-corrected chi connectivity index (χ3v) is 4.06. The van der Waals surface area contributed by atoms with E-state index in [9.17, 15) is 8.42 Å². The van der Waals surface area contributed by atoms with Gasteiger partial charge in [0.25, 0.3) is 0 Å². The van der Waals surface area contributed by atoms with Crippen LogP contribution in [0.1, 0.15) is 18.4 Å². The molecule has 0 bridgehead atoms. The van der Waals surface area contributed by atoms with Crippen LogP contribution in [-0.2, 0) is 10.0 Å². The quantitative estimate of drug-likeness (QED) is 0.670. The van der Waals surface area contributed by atoms with Gasteiger partial charge in [-0.2, -0.15) is 0 Å². The zero-order valence-electron chi connectivity index (χ0n) is 9.76. The standard InChI is InChI=1S/C11H18N2O3S/c1-2-13-17(15,16)11-5-3-9(4-6-11)10(7-12)8-14/h3-6,10,13-14H,2,7-8,12H2,1H3. The highest BCUT2D eigenvalue weighted by Crippen LogP contribution is 2.17. The van der Waals surface area contributed by atoms with Crippen LogP contribution >= 0.6 is 0 Å². The van der Waals surface area contributed by atoms with E-state index in [-0.39, 0.29) is 17.4 Å². The molecule has 1 unspecified atom stereocenters. The number of nitrogens with one attached hydrogen (secondary N) is 1. The summed E-state index contributed by atoms with van der Waals surface area (Å²) in [6.45, 7) is 2.36. The van der Waals surface area contributed by atoms with E-state index in [0.29, 0.717) is 13.1 Å². The second kappa shape index (κ2) is 6.11. The monoisotopic (exact) mass is 258 g/mol. The summed E-state index contributed by atoms with van der Waals surface area (Å²) < 4.78 is 25.7. The Hall–Kier alpha value is -0.950. The molecule has 0 aliphatic carbocycles. The van der Waals surface area contributed by atoms with Crippen LogP contribution in [0.3, 0.4) is 0 Å². The molecule has 17 heavy (non-hydrogen) atoms. The molecule has 1 atom stereocenters. The molecule has 5 nitrogen and oxygen atoms in total. The van der Waals surface area contributed by atoms with E-state index in [1.54, 1.807) is 19.1 Å². The minimum atomic E-state index is -3.41. The summed E-state index contributed by atoms with van der Waals surface area (Å²) in [5.74, 6) is -0.147. The predicted molar refractivity (Wildman–Crippen MR) is 66.2 cm³/mol. The van der Waals surface area contributed by atoms with Gasteiger partial charge in [-0.3, -0.25) is 0 Å². The molecular weight excluding hydrogens is 240 g/mol. The van der Waals surface area contributed by atoms with Crippen LogP contribution in [-0.4, -0.2) is 33.2 Å². The molecule has 6 heteroatoms. The molecule has 0 aromatic heterocycles. The van der Waals surface area contributed by atoms with Crippen molar-refractivity contribution in [2.75, 3.05) is 19.7 Å². The number of hydrogen-bond acceptors (Lipinski definition) is 4. The largest absolute Gasteiger partial charge is 0.396 e. The Kier molecular flexibility index (Phi) is 5.07. The number of aliphatic hydroxyl groups is 1. The molecule has 0 aliphatic rings. The van der Waals surface area contributed by atoms with Gasteiger partial charge in [0.05, 0.1) is 11.5 Å². The Bertz CT molecular complexity index is 438. The molecule has 0 spiro atoms. The Morgan fingerprint density at radius 2 is 1.94 bits per heavy atom. The van der Waals surface area contributed by atoms with E-state index in [4.69, 9.17) is 10.8 Å². The molecule has 0 radical (unpaired) electrons. The van der Waals surface area contributed by atoms with Crippen molar-refractivity contribution in [3.63, 3.8) is 0 Å². The first-order valence-corrected chi connectivity index (χ1v) is 6.94. The first-order valence-electron chi connectivity index (χ1n) is 5.45. The number of aliphatic hydroxyl groups excluding tert-OH is 1. The minimum Gasteiger partial charge on any atom is -0.396 e. The van der Waals surface area contributed by atoms with Crippen molar-refractivity contribution in [2.45, 2.75) is 17.7 Å². The van der Waals surface area contributed by atoms with E-state index >= 15 is 0 Å². The molecule has 1 aromatic rings. The first-order chi connectivity index (χ1) is 8.05. The molecule has 1 rings (SSSR count). The summed E-state index contributed by atoms with van der Waals surface area (Å²) in [6.07, 6.45) is 0. The average Bonchev–Trinajstić information content (AvgIpc) is 2.31. The molecule has 0 heterocycles. The molecule has 0 fully saturated rings. The third-order valence-electron chi connectivity index (χ3n) is 2.50. The van der Waals surface area contributed by atoms with Crippen molar-refractivity contribution in [3.8, 4) is 0 Å². The van der Waals surface area contributed by atoms with Gasteiger partial charge < -0.3 is 10.8 Å². The fourth-order valence-electron chi connectivity index (χ4n) is 1.51. The van der Waals surface area contributed by atoms with Crippen LogP contribution in [0.2, 0.25) is 0 Å². The number of benzene rings is 1. The smallest absolute Gasteiger partial charge is 0.240 e. The van der Waals surface area contributed by atoms with E-state index in [2.05, 4.69) is 4.72 Å². The molecule has 0 saturated heterocycles. The number of nitrogens with two attached hydrogens (primary N) is 1. The van der Waals surface area contributed by atoms with Crippen LogP contribution in [0.4, 0.5) is 0 Å². The summed E-state index contributed by atoms with van der Waals surface area (Å²) in [5, 5.41) is 9.08. The SMILES string of the molecule is CCNS(=O)(=O)c1ccc(C(CN)CO)cc1. The number of hydrogen-bond donors (Lipinski definition) is 3. The molecular formula is C11H18N2O3S. The van der Waals surface area contributed by atoms with Crippen molar-refractivity contribution >= 4 is 10.0 Å². The topological polar surface area (TPSA) is 92.4 Å². The normalized spacial score (nSPS) is 13.6. The number of sulfonamides is 1. The van der Waals surface area contributed by atoms with Gasteiger partial charge in [0.2, 0.25) is 10.0 Å². The second-order valence-electron chi connectivity index (χ2n) is 3.69. The van der Waals surface area contributed by atoms with Crippen LogP contribution in [0.25, 0.3) is 0 Å². The zero-order chi connectivity index (χ0) is 12.9. The van der Waals surface area contributed by atoms with Gasteiger partial charge in [-0.05, 0) is 17.7 Å². The third kappa shape index (κ3) is 3.50. The lowest BCUT2D eigenvalue weighted by Crippen LogP contribution is -2.23.